The lowest BCUT2D eigenvalue weighted by Crippen LogP contribution is -2.08. The molecule has 3 aromatic rings. The molecular weight excluding hydrogens is 429 g/mol. The smallest absolute Gasteiger partial charge is 0.270 e. The van der Waals surface area contributed by atoms with E-state index in [0.29, 0.717) is 21.8 Å². The molecule has 3 rings (SSSR count). The summed E-state index contributed by atoms with van der Waals surface area (Å²) in [6.45, 7) is 1.55. The predicted octanol–water partition coefficient (Wildman–Crippen LogP) is 5.08. The van der Waals surface area contributed by atoms with E-state index in [9.17, 15) is 21.6 Å². The Bertz CT molecular complexity index is 1110. The first kappa shape index (κ1) is 21.4. The fourth-order valence-electron chi connectivity index (χ4n) is 2.75. The fourth-order valence-corrected chi connectivity index (χ4v) is 3.91. The van der Waals surface area contributed by atoms with E-state index < -0.39 is 27.7 Å². The van der Waals surface area contributed by atoms with Crippen molar-refractivity contribution >= 4 is 21.7 Å². The maximum absolute atomic E-state index is 13.3. The minimum absolute atomic E-state index is 0.000302. The van der Waals surface area contributed by atoms with E-state index in [2.05, 4.69) is 5.10 Å². The van der Waals surface area contributed by atoms with Crippen LogP contribution in [0.4, 0.5) is 13.2 Å². The van der Waals surface area contributed by atoms with E-state index in [0.717, 1.165) is 10.7 Å². The van der Waals surface area contributed by atoms with Crippen molar-refractivity contribution in [2.75, 3.05) is 6.61 Å². The van der Waals surface area contributed by atoms with E-state index in [-0.39, 0.29) is 12.3 Å². The summed E-state index contributed by atoms with van der Waals surface area (Å²) in [5.41, 5.74) is 0.248. The van der Waals surface area contributed by atoms with Gasteiger partial charge in [-0.25, -0.2) is 4.68 Å². The van der Waals surface area contributed by atoms with Crippen molar-refractivity contribution in [2.24, 2.45) is 0 Å². The molecule has 0 aliphatic rings. The van der Waals surface area contributed by atoms with Crippen LogP contribution in [-0.2, 0) is 26.2 Å². The van der Waals surface area contributed by atoms with Gasteiger partial charge in [-0.15, -0.1) is 0 Å². The van der Waals surface area contributed by atoms with Crippen molar-refractivity contribution in [2.45, 2.75) is 18.9 Å². The Morgan fingerprint density at radius 1 is 1.10 bits per heavy atom. The van der Waals surface area contributed by atoms with Crippen LogP contribution >= 0.6 is 11.6 Å². The molecule has 5 nitrogen and oxygen atoms in total. The predicted molar refractivity (Wildman–Crippen MR) is 103 cm³/mol. The van der Waals surface area contributed by atoms with Gasteiger partial charge in [0.25, 0.3) is 10.1 Å². The number of rotatable bonds is 6. The molecule has 29 heavy (non-hydrogen) atoms. The molecule has 0 amide bonds. The zero-order valence-corrected chi connectivity index (χ0v) is 16.7. The molecule has 0 atom stereocenters. The van der Waals surface area contributed by atoms with Gasteiger partial charge in [-0.05, 0) is 48.9 Å². The Hall–Kier alpha value is -2.36. The summed E-state index contributed by atoms with van der Waals surface area (Å²) >= 11 is 5.86. The first-order valence-corrected chi connectivity index (χ1v) is 10.4. The average Bonchev–Trinajstić information content (AvgIpc) is 3.08. The van der Waals surface area contributed by atoms with Crippen molar-refractivity contribution < 1.29 is 25.8 Å². The van der Waals surface area contributed by atoms with Crippen LogP contribution in [-0.4, -0.2) is 24.8 Å². The lowest BCUT2D eigenvalue weighted by molar-refractivity contribution is -0.141. The third-order valence-corrected chi connectivity index (χ3v) is 5.47. The Labute approximate surface area is 170 Å². The molecule has 0 aliphatic carbocycles. The maximum atomic E-state index is 13.3. The Balaban J connectivity index is 2.09. The van der Waals surface area contributed by atoms with Crippen LogP contribution in [0, 0.1) is 0 Å². The van der Waals surface area contributed by atoms with Crippen molar-refractivity contribution in [3.8, 4) is 16.9 Å². The van der Waals surface area contributed by atoms with Crippen molar-refractivity contribution in [3.63, 3.8) is 0 Å². The van der Waals surface area contributed by atoms with Gasteiger partial charge in [-0.1, -0.05) is 29.8 Å². The van der Waals surface area contributed by atoms with Gasteiger partial charge in [0.15, 0.2) is 5.69 Å². The molecule has 0 saturated heterocycles. The minimum atomic E-state index is -4.64. The number of aromatic nitrogens is 2. The maximum Gasteiger partial charge on any atom is 0.435 e. The van der Waals surface area contributed by atoms with Crippen molar-refractivity contribution in [3.05, 3.63) is 70.9 Å². The van der Waals surface area contributed by atoms with Crippen molar-refractivity contribution in [1.82, 2.24) is 9.78 Å². The Morgan fingerprint density at radius 2 is 1.79 bits per heavy atom. The molecule has 0 radical (unpaired) electrons. The van der Waals surface area contributed by atoms with Crippen LogP contribution in [0.15, 0.2) is 54.6 Å². The molecule has 0 bridgehead atoms. The fraction of sp³-hybridized carbons (Fsp3) is 0.211. The van der Waals surface area contributed by atoms with E-state index in [1.54, 1.807) is 49.4 Å². The van der Waals surface area contributed by atoms with Crippen LogP contribution in [0.1, 0.15) is 18.2 Å². The summed E-state index contributed by atoms with van der Waals surface area (Å²) < 4.78 is 69.5. The molecule has 0 fully saturated rings. The van der Waals surface area contributed by atoms with Gasteiger partial charge in [-0.3, -0.25) is 4.18 Å². The van der Waals surface area contributed by atoms with Gasteiger partial charge in [-0.2, -0.15) is 26.7 Å². The normalized spacial score (nSPS) is 12.3. The molecule has 0 aliphatic heterocycles. The molecule has 1 heterocycles. The highest BCUT2D eigenvalue weighted by atomic mass is 35.5. The molecule has 10 heteroatoms. The SMILES string of the molecule is CCOS(=O)(=O)Cc1cccc(-c2cc(C(F)(F)F)nn2-c2ccc(Cl)cc2)c1. The Morgan fingerprint density at radius 3 is 2.41 bits per heavy atom. The van der Waals surface area contributed by atoms with Crippen LogP contribution in [0.5, 0.6) is 0 Å². The second kappa shape index (κ2) is 8.17. The Kier molecular flexibility index (Phi) is 6.02. The van der Waals surface area contributed by atoms with Crippen LogP contribution in [0.25, 0.3) is 16.9 Å². The highest BCUT2D eigenvalue weighted by Gasteiger charge is 2.35. The number of halogens is 4. The first-order chi connectivity index (χ1) is 13.6. The van der Waals surface area contributed by atoms with Crippen molar-refractivity contribution in [1.29, 1.82) is 0 Å². The molecule has 0 unspecified atom stereocenters. The second-order valence-electron chi connectivity index (χ2n) is 6.11. The quantitative estimate of drug-likeness (QED) is 0.497. The lowest BCUT2D eigenvalue weighted by Gasteiger charge is -2.10. The van der Waals surface area contributed by atoms with E-state index in [1.807, 2.05) is 0 Å². The topological polar surface area (TPSA) is 61.2 Å². The zero-order valence-electron chi connectivity index (χ0n) is 15.1. The van der Waals surface area contributed by atoms with E-state index in [1.165, 1.54) is 6.07 Å². The molecule has 1 aromatic heterocycles. The standard InChI is InChI=1S/C19H16ClF3N2O3S/c1-2-28-29(26,27)12-13-4-3-5-14(10-13)17-11-18(19(21,22)23)24-25(17)16-8-6-15(20)7-9-16/h3-11H,2,12H2,1H3. The number of benzene rings is 2. The summed E-state index contributed by atoms with van der Waals surface area (Å²) in [7, 11) is -3.79. The summed E-state index contributed by atoms with van der Waals surface area (Å²) in [5, 5.41) is 4.13. The summed E-state index contributed by atoms with van der Waals surface area (Å²) in [6.07, 6.45) is -4.64. The lowest BCUT2D eigenvalue weighted by atomic mass is 10.1. The van der Waals surface area contributed by atoms with Crippen LogP contribution in [0.2, 0.25) is 5.02 Å². The number of hydrogen-bond acceptors (Lipinski definition) is 4. The average molecular weight is 445 g/mol. The second-order valence-corrected chi connectivity index (χ2v) is 8.19. The van der Waals surface area contributed by atoms with E-state index in [4.69, 9.17) is 15.8 Å². The van der Waals surface area contributed by atoms with Gasteiger partial charge < -0.3 is 0 Å². The molecule has 0 N–H and O–H groups in total. The minimum Gasteiger partial charge on any atom is -0.270 e. The van der Waals surface area contributed by atoms with Gasteiger partial charge in [0.1, 0.15) is 5.75 Å². The molecule has 2 aromatic carbocycles. The summed E-state index contributed by atoms with van der Waals surface area (Å²) in [5.74, 6) is -0.393. The highest BCUT2D eigenvalue weighted by molar-refractivity contribution is 7.85. The monoisotopic (exact) mass is 444 g/mol. The molecule has 0 saturated carbocycles. The summed E-state index contributed by atoms with van der Waals surface area (Å²) in [6, 6.07) is 13.3. The number of hydrogen-bond donors (Lipinski definition) is 0. The van der Waals surface area contributed by atoms with Gasteiger partial charge in [0.05, 0.1) is 18.0 Å². The van der Waals surface area contributed by atoms with Gasteiger partial charge in [0, 0.05) is 10.6 Å². The third kappa shape index (κ3) is 5.17. The highest BCUT2D eigenvalue weighted by Crippen LogP contribution is 2.33. The largest absolute Gasteiger partial charge is 0.435 e. The molecule has 0 spiro atoms. The van der Waals surface area contributed by atoms with E-state index >= 15 is 0 Å². The van der Waals surface area contributed by atoms with Gasteiger partial charge >= 0.3 is 6.18 Å². The van der Waals surface area contributed by atoms with Crippen LogP contribution in [0.3, 0.4) is 0 Å². The third-order valence-electron chi connectivity index (χ3n) is 3.93. The first-order valence-electron chi connectivity index (χ1n) is 8.48. The van der Waals surface area contributed by atoms with Gasteiger partial charge in [0.2, 0.25) is 0 Å². The zero-order chi connectivity index (χ0) is 21.2. The molecular formula is C19H16ClF3N2O3S. The number of nitrogens with zero attached hydrogens (tertiary/aromatic N) is 2. The summed E-state index contributed by atoms with van der Waals surface area (Å²) in [4.78, 5) is 0. The molecule has 154 valence electrons. The van der Waals surface area contributed by atoms with Crippen LogP contribution < -0.4 is 0 Å². The number of alkyl halides is 3.